The summed E-state index contributed by atoms with van der Waals surface area (Å²) in [5.41, 5.74) is 0.453. The van der Waals surface area contributed by atoms with Crippen LogP contribution in [0.1, 0.15) is 29.8 Å². The van der Waals surface area contributed by atoms with Crippen molar-refractivity contribution in [3.8, 4) is 0 Å². The minimum atomic E-state index is -1.11. The molecule has 1 aromatic rings. The lowest BCUT2D eigenvalue weighted by Gasteiger charge is -2.09. The van der Waals surface area contributed by atoms with Gasteiger partial charge in [0.15, 0.2) is 0 Å². The van der Waals surface area contributed by atoms with Crippen LogP contribution in [-0.2, 0) is 6.54 Å². The molecule has 0 saturated heterocycles. The van der Waals surface area contributed by atoms with Crippen molar-refractivity contribution >= 4 is 5.97 Å². The van der Waals surface area contributed by atoms with Gasteiger partial charge in [0.2, 0.25) is 0 Å². The summed E-state index contributed by atoms with van der Waals surface area (Å²) < 4.78 is 13.4. The van der Waals surface area contributed by atoms with Crippen LogP contribution in [0.3, 0.4) is 0 Å². The van der Waals surface area contributed by atoms with Crippen LogP contribution >= 0.6 is 0 Å². The Balaban J connectivity index is 2.79. The van der Waals surface area contributed by atoms with Crippen molar-refractivity contribution < 1.29 is 14.3 Å². The number of carboxylic acids is 1. The predicted molar refractivity (Wildman–Crippen MR) is 55.3 cm³/mol. The molecule has 0 spiro atoms. The highest BCUT2D eigenvalue weighted by molar-refractivity contribution is 5.87. The van der Waals surface area contributed by atoms with Crippen LogP contribution in [-0.4, -0.2) is 17.1 Å². The Morgan fingerprint density at radius 2 is 2.20 bits per heavy atom. The maximum atomic E-state index is 13.4. The third-order valence-electron chi connectivity index (χ3n) is 2.00. The Kier molecular flexibility index (Phi) is 3.80. The SMILES string of the molecule is CC(C)NCc1ccc(C(=O)O)cc1F. The van der Waals surface area contributed by atoms with E-state index in [0.717, 1.165) is 6.07 Å². The van der Waals surface area contributed by atoms with Gasteiger partial charge in [-0.25, -0.2) is 9.18 Å². The maximum absolute atomic E-state index is 13.4. The molecule has 3 nitrogen and oxygen atoms in total. The Hall–Kier alpha value is -1.42. The molecule has 0 fully saturated rings. The zero-order valence-electron chi connectivity index (χ0n) is 8.75. The van der Waals surface area contributed by atoms with Gasteiger partial charge in [0.25, 0.3) is 0 Å². The van der Waals surface area contributed by atoms with Crippen molar-refractivity contribution in [2.24, 2.45) is 0 Å². The van der Waals surface area contributed by atoms with E-state index in [-0.39, 0.29) is 11.6 Å². The lowest BCUT2D eigenvalue weighted by atomic mass is 10.1. The molecule has 0 aromatic heterocycles. The molecule has 1 rings (SSSR count). The molecule has 2 N–H and O–H groups in total. The number of benzene rings is 1. The van der Waals surface area contributed by atoms with Crippen LogP contribution in [0.4, 0.5) is 4.39 Å². The number of carbonyl (C=O) groups is 1. The largest absolute Gasteiger partial charge is 0.478 e. The topological polar surface area (TPSA) is 49.3 Å². The monoisotopic (exact) mass is 211 g/mol. The summed E-state index contributed by atoms with van der Waals surface area (Å²) in [7, 11) is 0. The minimum Gasteiger partial charge on any atom is -0.478 e. The lowest BCUT2D eigenvalue weighted by Crippen LogP contribution is -2.22. The van der Waals surface area contributed by atoms with Crippen LogP contribution in [0.5, 0.6) is 0 Å². The van der Waals surface area contributed by atoms with E-state index in [0.29, 0.717) is 12.1 Å². The van der Waals surface area contributed by atoms with Crippen LogP contribution in [0.2, 0.25) is 0 Å². The molecule has 0 radical (unpaired) electrons. The van der Waals surface area contributed by atoms with E-state index in [1.807, 2.05) is 13.8 Å². The van der Waals surface area contributed by atoms with E-state index in [4.69, 9.17) is 5.11 Å². The Morgan fingerprint density at radius 1 is 1.53 bits per heavy atom. The standard InChI is InChI=1S/C11H14FNO2/c1-7(2)13-6-9-4-3-8(11(14)15)5-10(9)12/h3-5,7,13H,6H2,1-2H3,(H,14,15). The highest BCUT2D eigenvalue weighted by atomic mass is 19.1. The second kappa shape index (κ2) is 4.89. The molecule has 15 heavy (non-hydrogen) atoms. The Morgan fingerprint density at radius 3 is 2.67 bits per heavy atom. The number of nitrogens with one attached hydrogen (secondary N) is 1. The van der Waals surface area contributed by atoms with Crippen molar-refractivity contribution in [3.05, 3.63) is 35.1 Å². The van der Waals surface area contributed by atoms with Gasteiger partial charge in [-0.2, -0.15) is 0 Å². The van der Waals surface area contributed by atoms with Crippen LogP contribution in [0, 0.1) is 5.82 Å². The Bertz CT molecular complexity index is 364. The Labute approximate surface area is 87.9 Å². The zero-order valence-corrected chi connectivity index (χ0v) is 8.75. The smallest absolute Gasteiger partial charge is 0.335 e. The first-order valence-electron chi connectivity index (χ1n) is 4.76. The first-order chi connectivity index (χ1) is 7.00. The summed E-state index contributed by atoms with van der Waals surface area (Å²) in [5.74, 6) is -1.60. The highest BCUT2D eigenvalue weighted by Crippen LogP contribution is 2.10. The molecule has 0 aliphatic heterocycles. The van der Waals surface area contributed by atoms with Crippen LogP contribution in [0.25, 0.3) is 0 Å². The van der Waals surface area contributed by atoms with E-state index in [1.54, 1.807) is 0 Å². The molecule has 0 heterocycles. The first kappa shape index (κ1) is 11.7. The number of aromatic carboxylic acids is 1. The van der Waals surface area contributed by atoms with Gasteiger partial charge >= 0.3 is 5.97 Å². The second-order valence-electron chi connectivity index (χ2n) is 3.65. The summed E-state index contributed by atoms with van der Waals surface area (Å²) in [6.45, 7) is 4.33. The highest BCUT2D eigenvalue weighted by Gasteiger charge is 2.08. The summed E-state index contributed by atoms with van der Waals surface area (Å²) in [6, 6.07) is 4.21. The maximum Gasteiger partial charge on any atom is 0.335 e. The van der Waals surface area contributed by atoms with E-state index in [2.05, 4.69) is 5.32 Å². The normalized spacial score (nSPS) is 10.7. The number of carboxylic acid groups (broad SMARTS) is 1. The van der Waals surface area contributed by atoms with Crippen LogP contribution in [0.15, 0.2) is 18.2 Å². The predicted octanol–water partition coefficient (Wildman–Crippen LogP) is 2.02. The average molecular weight is 211 g/mol. The molecule has 82 valence electrons. The van der Waals surface area contributed by atoms with Gasteiger partial charge in [0, 0.05) is 18.2 Å². The van der Waals surface area contributed by atoms with Gasteiger partial charge in [-0.3, -0.25) is 0 Å². The number of rotatable bonds is 4. The van der Waals surface area contributed by atoms with Crippen LogP contribution < -0.4 is 5.32 Å². The molecular weight excluding hydrogens is 197 g/mol. The second-order valence-corrected chi connectivity index (χ2v) is 3.65. The average Bonchev–Trinajstić information content (AvgIpc) is 2.15. The van der Waals surface area contributed by atoms with E-state index in [9.17, 15) is 9.18 Å². The number of hydrogen-bond donors (Lipinski definition) is 2. The van der Waals surface area contributed by atoms with Gasteiger partial charge in [0.05, 0.1) is 5.56 Å². The summed E-state index contributed by atoms with van der Waals surface area (Å²) >= 11 is 0. The molecule has 0 unspecified atom stereocenters. The van der Waals surface area contributed by atoms with Gasteiger partial charge in [-0.15, -0.1) is 0 Å². The molecule has 0 atom stereocenters. The van der Waals surface area contributed by atoms with Crippen molar-refractivity contribution in [3.63, 3.8) is 0 Å². The third-order valence-corrected chi connectivity index (χ3v) is 2.00. The fourth-order valence-corrected chi connectivity index (χ4v) is 1.14. The van der Waals surface area contributed by atoms with Crippen molar-refractivity contribution in [2.75, 3.05) is 0 Å². The fraction of sp³-hybridized carbons (Fsp3) is 0.364. The molecule has 0 amide bonds. The van der Waals surface area contributed by atoms with Gasteiger partial charge in [-0.05, 0) is 12.1 Å². The van der Waals surface area contributed by atoms with E-state index >= 15 is 0 Å². The van der Waals surface area contributed by atoms with Crippen molar-refractivity contribution in [2.45, 2.75) is 26.4 Å². The lowest BCUT2D eigenvalue weighted by molar-refractivity contribution is 0.0696. The molecule has 4 heteroatoms. The molecule has 0 saturated carbocycles. The van der Waals surface area contributed by atoms with E-state index < -0.39 is 11.8 Å². The van der Waals surface area contributed by atoms with Gasteiger partial charge in [0.1, 0.15) is 5.82 Å². The summed E-state index contributed by atoms with van der Waals surface area (Å²) in [5, 5.41) is 11.7. The molecule has 0 bridgehead atoms. The van der Waals surface area contributed by atoms with Gasteiger partial charge in [-0.1, -0.05) is 19.9 Å². The molecular formula is C11H14FNO2. The fourth-order valence-electron chi connectivity index (χ4n) is 1.14. The quantitative estimate of drug-likeness (QED) is 0.801. The minimum absolute atomic E-state index is 0.0270. The molecule has 0 aliphatic carbocycles. The van der Waals surface area contributed by atoms with Crippen molar-refractivity contribution in [1.29, 1.82) is 0 Å². The summed E-state index contributed by atoms with van der Waals surface area (Å²) in [4.78, 5) is 10.5. The zero-order chi connectivity index (χ0) is 11.4. The third kappa shape index (κ3) is 3.32. The van der Waals surface area contributed by atoms with Crippen molar-refractivity contribution in [1.82, 2.24) is 5.32 Å². The molecule has 0 aliphatic rings. The first-order valence-corrected chi connectivity index (χ1v) is 4.76. The molecule has 1 aromatic carbocycles. The summed E-state index contributed by atoms with van der Waals surface area (Å²) in [6.07, 6.45) is 0. The van der Waals surface area contributed by atoms with E-state index in [1.165, 1.54) is 12.1 Å². The number of hydrogen-bond acceptors (Lipinski definition) is 2. The van der Waals surface area contributed by atoms with Gasteiger partial charge < -0.3 is 10.4 Å². The number of halogens is 1.